The van der Waals surface area contributed by atoms with Crippen molar-refractivity contribution in [2.45, 2.75) is 33.2 Å². The van der Waals surface area contributed by atoms with Gasteiger partial charge in [0.2, 0.25) is 5.91 Å². The zero-order valence-corrected chi connectivity index (χ0v) is 11.9. The first-order chi connectivity index (χ1) is 9.59. The Morgan fingerprint density at radius 2 is 2.00 bits per heavy atom. The molecule has 1 aliphatic heterocycles. The van der Waals surface area contributed by atoms with Crippen molar-refractivity contribution in [1.29, 1.82) is 0 Å². The Balaban J connectivity index is 2.01. The van der Waals surface area contributed by atoms with Crippen LogP contribution in [0, 0.1) is 13.8 Å². The molecule has 3 heterocycles. The highest BCUT2D eigenvalue weighted by atomic mass is 16.2. The number of carbonyl (C=O) groups is 1. The van der Waals surface area contributed by atoms with E-state index in [1.54, 1.807) is 0 Å². The minimum absolute atomic E-state index is 0.152. The highest BCUT2D eigenvalue weighted by molar-refractivity contribution is 5.91. The van der Waals surface area contributed by atoms with Gasteiger partial charge in [0.05, 0.1) is 5.39 Å². The van der Waals surface area contributed by atoms with Crippen LogP contribution in [0.25, 0.3) is 11.0 Å². The zero-order chi connectivity index (χ0) is 14.3. The first-order valence-corrected chi connectivity index (χ1v) is 6.93. The van der Waals surface area contributed by atoms with Crippen LogP contribution in [-0.4, -0.2) is 38.4 Å². The van der Waals surface area contributed by atoms with E-state index in [9.17, 15) is 4.79 Å². The molecular formula is C14H19N5O. The standard InChI is InChI=1S/C14H19N5O/c1-9-10(2)19(7-11(20)18-5-3-4-6-18)14-12(9)13(15)16-8-17-14/h8H,3-7H2,1-2H3,(H2,15,16,17). The average molecular weight is 273 g/mol. The van der Waals surface area contributed by atoms with Crippen molar-refractivity contribution in [3.63, 3.8) is 0 Å². The molecule has 0 bridgehead atoms. The van der Waals surface area contributed by atoms with Crippen molar-refractivity contribution in [2.75, 3.05) is 18.8 Å². The van der Waals surface area contributed by atoms with Gasteiger partial charge < -0.3 is 15.2 Å². The SMILES string of the molecule is Cc1c(C)n(CC(=O)N2CCCC2)c2ncnc(N)c12. The number of likely N-dealkylation sites (tertiary alicyclic amines) is 1. The van der Waals surface area contributed by atoms with Crippen LogP contribution in [0.3, 0.4) is 0 Å². The fourth-order valence-electron chi connectivity index (χ4n) is 2.89. The largest absolute Gasteiger partial charge is 0.383 e. The summed E-state index contributed by atoms with van der Waals surface area (Å²) in [4.78, 5) is 22.6. The third-order valence-electron chi connectivity index (χ3n) is 4.19. The summed E-state index contributed by atoms with van der Waals surface area (Å²) in [6.07, 6.45) is 3.66. The predicted molar refractivity (Wildman–Crippen MR) is 77.2 cm³/mol. The van der Waals surface area contributed by atoms with E-state index in [0.717, 1.165) is 48.2 Å². The second-order valence-corrected chi connectivity index (χ2v) is 5.34. The molecule has 6 heteroatoms. The van der Waals surface area contributed by atoms with Crippen molar-refractivity contribution in [3.8, 4) is 0 Å². The summed E-state index contributed by atoms with van der Waals surface area (Å²) in [5.41, 5.74) is 8.76. The molecule has 2 aromatic heterocycles. The molecule has 1 aliphatic rings. The maximum absolute atomic E-state index is 12.3. The first kappa shape index (κ1) is 12.9. The summed E-state index contributed by atoms with van der Waals surface area (Å²) in [6.45, 7) is 6.05. The van der Waals surface area contributed by atoms with Crippen LogP contribution < -0.4 is 5.73 Å². The average Bonchev–Trinajstić information content (AvgIpc) is 3.03. The molecule has 0 atom stereocenters. The van der Waals surface area contributed by atoms with Crippen LogP contribution in [0.4, 0.5) is 5.82 Å². The van der Waals surface area contributed by atoms with E-state index in [1.165, 1.54) is 6.33 Å². The molecular weight excluding hydrogens is 254 g/mol. The Morgan fingerprint density at radius 3 is 2.70 bits per heavy atom. The lowest BCUT2D eigenvalue weighted by molar-refractivity contribution is -0.130. The molecule has 1 amide bonds. The van der Waals surface area contributed by atoms with Crippen molar-refractivity contribution >= 4 is 22.8 Å². The Labute approximate surface area is 117 Å². The molecule has 3 rings (SSSR count). The second-order valence-electron chi connectivity index (χ2n) is 5.34. The van der Waals surface area contributed by atoms with E-state index in [0.29, 0.717) is 12.4 Å². The lowest BCUT2D eigenvalue weighted by atomic mass is 10.2. The van der Waals surface area contributed by atoms with Gasteiger partial charge in [-0.3, -0.25) is 4.79 Å². The number of hydrogen-bond acceptors (Lipinski definition) is 4. The highest BCUT2D eigenvalue weighted by Crippen LogP contribution is 2.27. The summed E-state index contributed by atoms with van der Waals surface area (Å²) in [6, 6.07) is 0. The van der Waals surface area contributed by atoms with Gasteiger partial charge in [-0.05, 0) is 32.3 Å². The fraction of sp³-hybridized carbons (Fsp3) is 0.500. The summed E-state index contributed by atoms with van der Waals surface area (Å²) in [7, 11) is 0. The predicted octanol–water partition coefficient (Wildman–Crippen LogP) is 1.25. The smallest absolute Gasteiger partial charge is 0.242 e. The lowest BCUT2D eigenvalue weighted by Gasteiger charge is -2.16. The number of nitrogens with two attached hydrogens (primary N) is 1. The molecule has 0 aliphatic carbocycles. The third kappa shape index (κ3) is 1.92. The van der Waals surface area contributed by atoms with E-state index in [4.69, 9.17) is 5.73 Å². The van der Waals surface area contributed by atoms with Crippen LogP contribution in [0.5, 0.6) is 0 Å². The zero-order valence-electron chi connectivity index (χ0n) is 11.9. The Kier molecular flexibility index (Phi) is 3.08. The van der Waals surface area contributed by atoms with E-state index in [2.05, 4.69) is 9.97 Å². The molecule has 0 spiro atoms. The molecule has 0 saturated carbocycles. The maximum Gasteiger partial charge on any atom is 0.242 e. The van der Waals surface area contributed by atoms with Gasteiger partial charge in [0, 0.05) is 18.8 Å². The number of nitrogens with zero attached hydrogens (tertiary/aromatic N) is 4. The number of fused-ring (bicyclic) bond motifs is 1. The number of aryl methyl sites for hydroxylation is 1. The minimum Gasteiger partial charge on any atom is -0.383 e. The first-order valence-electron chi connectivity index (χ1n) is 6.93. The van der Waals surface area contributed by atoms with Crippen LogP contribution in [0.15, 0.2) is 6.33 Å². The van der Waals surface area contributed by atoms with E-state index < -0.39 is 0 Å². The molecule has 0 unspecified atom stereocenters. The molecule has 1 saturated heterocycles. The van der Waals surface area contributed by atoms with Gasteiger partial charge in [0.1, 0.15) is 24.3 Å². The molecule has 6 nitrogen and oxygen atoms in total. The number of rotatable bonds is 2. The lowest BCUT2D eigenvalue weighted by Crippen LogP contribution is -2.31. The molecule has 2 N–H and O–H groups in total. The van der Waals surface area contributed by atoms with Crippen LogP contribution in [0.1, 0.15) is 24.1 Å². The number of amides is 1. The Bertz CT molecular complexity index is 670. The quantitative estimate of drug-likeness (QED) is 0.893. The van der Waals surface area contributed by atoms with Crippen LogP contribution in [-0.2, 0) is 11.3 Å². The van der Waals surface area contributed by atoms with Gasteiger partial charge in [0.15, 0.2) is 0 Å². The van der Waals surface area contributed by atoms with Crippen LogP contribution in [0.2, 0.25) is 0 Å². The second kappa shape index (κ2) is 4.77. The van der Waals surface area contributed by atoms with E-state index >= 15 is 0 Å². The van der Waals surface area contributed by atoms with Gasteiger partial charge in [0.25, 0.3) is 0 Å². The Hall–Kier alpha value is -2.11. The third-order valence-corrected chi connectivity index (χ3v) is 4.19. The minimum atomic E-state index is 0.152. The number of anilines is 1. The van der Waals surface area contributed by atoms with Crippen LogP contribution >= 0.6 is 0 Å². The number of nitrogen functional groups attached to an aromatic ring is 1. The van der Waals surface area contributed by atoms with E-state index in [-0.39, 0.29) is 5.91 Å². The van der Waals surface area contributed by atoms with Gasteiger partial charge in [-0.1, -0.05) is 0 Å². The molecule has 0 aromatic carbocycles. The molecule has 0 radical (unpaired) electrons. The van der Waals surface area contributed by atoms with Gasteiger partial charge in [-0.25, -0.2) is 9.97 Å². The molecule has 20 heavy (non-hydrogen) atoms. The number of aromatic nitrogens is 3. The van der Waals surface area contributed by atoms with Crippen molar-refractivity contribution in [1.82, 2.24) is 19.4 Å². The van der Waals surface area contributed by atoms with Crippen molar-refractivity contribution in [3.05, 3.63) is 17.6 Å². The monoisotopic (exact) mass is 273 g/mol. The number of carbonyl (C=O) groups excluding carboxylic acids is 1. The fourth-order valence-corrected chi connectivity index (χ4v) is 2.89. The van der Waals surface area contributed by atoms with Gasteiger partial charge in [-0.15, -0.1) is 0 Å². The highest BCUT2D eigenvalue weighted by Gasteiger charge is 2.21. The van der Waals surface area contributed by atoms with E-state index in [1.807, 2.05) is 23.3 Å². The normalized spacial score (nSPS) is 15.2. The van der Waals surface area contributed by atoms with Crippen molar-refractivity contribution in [2.24, 2.45) is 0 Å². The molecule has 2 aromatic rings. The summed E-state index contributed by atoms with van der Waals surface area (Å²) in [5, 5.41) is 0.860. The summed E-state index contributed by atoms with van der Waals surface area (Å²) < 4.78 is 1.95. The maximum atomic E-state index is 12.3. The van der Waals surface area contributed by atoms with Gasteiger partial charge in [-0.2, -0.15) is 0 Å². The molecule has 1 fully saturated rings. The molecule has 106 valence electrons. The number of hydrogen-bond donors (Lipinski definition) is 1. The topological polar surface area (TPSA) is 77.0 Å². The van der Waals surface area contributed by atoms with Gasteiger partial charge >= 0.3 is 0 Å². The summed E-state index contributed by atoms with van der Waals surface area (Å²) in [5.74, 6) is 0.627. The Morgan fingerprint density at radius 1 is 1.30 bits per heavy atom. The van der Waals surface area contributed by atoms with Crippen molar-refractivity contribution < 1.29 is 4.79 Å². The summed E-state index contributed by atoms with van der Waals surface area (Å²) >= 11 is 0.